The molecule has 114 valence electrons. The SMILES string of the molecule is Nc1cc(F)c(N(CCO)CC(F)(F)F)c2ncccc12. The van der Waals surface area contributed by atoms with Crippen LogP contribution in [0.5, 0.6) is 0 Å². The molecule has 0 fully saturated rings. The van der Waals surface area contributed by atoms with Crippen LogP contribution in [-0.4, -0.2) is 36.0 Å². The molecule has 21 heavy (non-hydrogen) atoms. The number of aromatic nitrogens is 1. The molecule has 0 amide bonds. The summed E-state index contributed by atoms with van der Waals surface area (Å²) in [5.41, 5.74) is 5.47. The van der Waals surface area contributed by atoms with Crippen molar-refractivity contribution in [1.29, 1.82) is 0 Å². The van der Waals surface area contributed by atoms with E-state index in [9.17, 15) is 17.6 Å². The van der Waals surface area contributed by atoms with E-state index in [-0.39, 0.29) is 23.4 Å². The Morgan fingerprint density at radius 1 is 1.33 bits per heavy atom. The van der Waals surface area contributed by atoms with Crippen molar-refractivity contribution in [2.45, 2.75) is 6.18 Å². The Bertz CT molecular complexity index is 645. The van der Waals surface area contributed by atoms with E-state index in [4.69, 9.17) is 10.8 Å². The minimum atomic E-state index is -4.54. The van der Waals surface area contributed by atoms with Gasteiger partial charge in [0.2, 0.25) is 0 Å². The maximum atomic E-state index is 14.1. The van der Waals surface area contributed by atoms with Gasteiger partial charge in [-0.05, 0) is 18.2 Å². The molecule has 2 aromatic rings. The molecule has 0 aliphatic carbocycles. The number of hydrogen-bond donors (Lipinski definition) is 2. The lowest BCUT2D eigenvalue weighted by Gasteiger charge is -2.26. The number of halogens is 4. The molecule has 0 atom stereocenters. The van der Waals surface area contributed by atoms with Crippen molar-refractivity contribution in [3.8, 4) is 0 Å². The predicted molar refractivity (Wildman–Crippen MR) is 71.5 cm³/mol. The third-order valence-corrected chi connectivity index (χ3v) is 2.91. The van der Waals surface area contributed by atoms with Crippen LogP contribution in [0.1, 0.15) is 0 Å². The highest BCUT2D eigenvalue weighted by Gasteiger charge is 2.32. The first-order valence-electron chi connectivity index (χ1n) is 6.08. The van der Waals surface area contributed by atoms with E-state index in [1.54, 1.807) is 12.1 Å². The Balaban J connectivity index is 2.61. The summed E-state index contributed by atoms with van der Waals surface area (Å²) in [6.45, 7) is -2.31. The van der Waals surface area contributed by atoms with Crippen LogP contribution in [0, 0.1) is 5.82 Å². The van der Waals surface area contributed by atoms with Gasteiger partial charge in [0.05, 0.1) is 12.1 Å². The van der Waals surface area contributed by atoms with Crippen LogP contribution in [0.25, 0.3) is 10.9 Å². The predicted octanol–water partition coefficient (Wildman–Crippen LogP) is 2.32. The first-order chi connectivity index (χ1) is 9.83. The monoisotopic (exact) mass is 303 g/mol. The number of aliphatic hydroxyl groups is 1. The van der Waals surface area contributed by atoms with Crippen molar-refractivity contribution in [3.63, 3.8) is 0 Å². The highest BCUT2D eigenvalue weighted by molar-refractivity contribution is 5.98. The summed E-state index contributed by atoms with van der Waals surface area (Å²) in [4.78, 5) is 4.64. The minimum Gasteiger partial charge on any atom is -0.398 e. The number of benzene rings is 1. The van der Waals surface area contributed by atoms with E-state index in [1.807, 2.05) is 0 Å². The fourth-order valence-corrected chi connectivity index (χ4v) is 2.13. The third kappa shape index (κ3) is 3.33. The minimum absolute atomic E-state index is 0.0349. The van der Waals surface area contributed by atoms with Gasteiger partial charge in [-0.2, -0.15) is 13.2 Å². The topological polar surface area (TPSA) is 62.4 Å². The molecule has 1 aromatic heterocycles. The Morgan fingerprint density at radius 3 is 2.67 bits per heavy atom. The number of nitrogen functional groups attached to an aromatic ring is 1. The molecule has 1 aromatic carbocycles. The summed E-state index contributed by atoms with van der Waals surface area (Å²) in [6, 6.07) is 4.06. The normalized spacial score (nSPS) is 11.9. The molecule has 0 radical (unpaired) electrons. The van der Waals surface area contributed by atoms with Crippen LogP contribution in [0.15, 0.2) is 24.4 Å². The van der Waals surface area contributed by atoms with Gasteiger partial charge in [-0.15, -0.1) is 0 Å². The quantitative estimate of drug-likeness (QED) is 0.672. The fraction of sp³-hybridized carbons (Fsp3) is 0.308. The molecule has 0 unspecified atom stereocenters. The van der Waals surface area contributed by atoms with Crippen molar-refractivity contribution in [2.75, 3.05) is 30.3 Å². The van der Waals surface area contributed by atoms with Crippen LogP contribution in [0.4, 0.5) is 28.9 Å². The number of aliphatic hydroxyl groups excluding tert-OH is 1. The number of pyridine rings is 1. The summed E-state index contributed by atoms with van der Waals surface area (Å²) in [5.74, 6) is -0.906. The molecule has 1 heterocycles. The number of rotatable bonds is 4. The Labute approximate surface area is 117 Å². The van der Waals surface area contributed by atoms with E-state index in [0.29, 0.717) is 10.3 Å². The maximum absolute atomic E-state index is 14.1. The molecular formula is C13H13F4N3O. The maximum Gasteiger partial charge on any atom is 0.405 e. The van der Waals surface area contributed by atoms with Gasteiger partial charge in [0, 0.05) is 23.8 Å². The van der Waals surface area contributed by atoms with E-state index < -0.39 is 25.1 Å². The number of nitrogens with zero attached hydrogens (tertiary/aromatic N) is 2. The highest BCUT2D eigenvalue weighted by Crippen LogP contribution is 2.33. The van der Waals surface area contributed by atoms with E-state index in [2.05, 4.69) is 4.98 Å². The van der Waals surface area contributed by atoms with Gasteiger partial charge < -0.3 is 15.7 Å². The van der Waals surface area contributed by atoms with Crippen molar-refractivity contribution < 1.29 is 22.7 Å². The van der Waals surface area contributed by atoms with Gasteiger partial charge in [0.1, 0.15) is 12.2 Å². The first kappa shape index (κ1) is 15.3. The summed E-state index contributed by atoms with van der Waals surface area (Å²) in [7, 11) is 0. The zero-order valence-electron chi connectivity index (χ0n) is 10.9. The summed E-state index contributed by atoms with van der Waals surface area (Å²) in [5, 5.41) is 9.30. The first-order valence-corrected chi connectivity index (χ1v) is 6.08. The molecule has 0 saturated heterocycles. The van der Waals surface area contributed by atoms with E-state index >= 15 is 0 Å². The molecule has 3 N–H and O–H groups in total. The fourth-order valence-electron chi connectivity index (χ4n) is 2.13. The van der Waals surface area contributed by atoms with Crippen LogP contribution in [-0.2, 0) is 0 Å². The molecule has 4 nitrogen and oxygen atoms in total. The molecular weight excluding hydrogens is 290 g/mol. The smallest absolute Gasteiger partial charge is 0.398 e. The van der Waals surface area contributed by atoms with Crippen LogP contribution in [0.2, 0.25) is 0 Å². The van der Waals surface area contributed by atoms with Crippen LogP contribution >= 0.6 is 0 Å². The standard InChI is InChI=1S/C13H13F4N3O/c14-9-6-10(18)8-2-1-3-19-11(8)12(9)20(4-5-21)7-13(15,16)17/h1-3,6,21H,4-5,7,18H2. The van der Waals surface area contributed by atoms with Crippen LogP contribution < -0.4 is 10.6 Å². The molecule has 0 bridgehead atoms. The number of anilines is 2. The van der Waals surface area contributed by atoms with Crippen LogP contribution in [0.3, 0.4) is 0 Å². The summed E-state index contributed by atoms with van der Waals surface area (Å²) < 4.78 is 52.0. The second kappa shape index (κ2) is 5.72. The lowest BCUT2D eigenvalue weighted by Crippen LogP contribution is -2.37. The Hall–Kier alpha value is -2.09. The summed E-state index contributed by atoms with van der Waals surface area (Å²) in [6.07, 6.45) is -3.19. The average molecular weight is 303 g/mol. The van der Waals surface area contributed by atoms with Crippen molar-refractivity contribution >= 4 is 22.3 Å². The molecule has 2 rings (SSSR count). The molecule has 8 heteroatoms. The number of fused-ring (bicyclic) bond motifs is 1. The van der Waals surface area contributed by atoms with Crippen molar-refractivity contribution in [3.05, 3.63) is 30.2 Å². The second-order valence-corrected chi connectivity index (χ2v) is 4.46. The molecule has 0 spiro atoms. The highest BCUT2D eigenvalue weighted by atomic mass is 19.4. The molecule has 0 aliphatic rings. The summed E-state index contributed by atoms with van der Waals surface area (Å²) >= 11 is 0. The van der Waals surface area contributed by atoms with Crippen molar-refractivity contribution in [1.82, 2.24) is 4.98 Å². The lowest BCUT2D eigenvalue weighted by atomic mass is 10.1. The van der Waals surface area contributed by atoms with Gasteiger partial charge in [-0.1, -0.05) is 0 Å². The number of alkyl halides is 3. The Kier molecular flexibility index (Phi) is 4.17. The average Bonchev–Trinajstić information content (AvgIpc) is 2.37. The van der Waals surface area contributed by atoms with Gasteiger partial charge in [0.15, 0.2) is 5.82 Å². The lowest BCUT2D eigenvalue weighted by molar-refractivity contribution is -0.119. The number of hydrogen-bond acceptors (Lipinski definition) is 4. The molecule has 0 saturated carbocycles. The largest absolute Gasteiger partial charge is 0.405 e. The van der Waals surface area contributed by atoms with Gasteiger partial charge in [0.25, 0.3) is 0 Å². The third-order valence-electron chi connectivity index (χ3n) is 2.91. The van der Waals surface area contributed by atoms with E-state index in [0.717, 1.165) is 6.07 Å². The second-order valence-electron chi connectivity index (χ2n) is 4.46. The van der Waals surface area contributed by atoms with E-state index in [1.165, 1.54) is 6.20 Å². The van der Waals surface area contributed by atoms with Gasteiger partial charge in [-0.25, -0.2) is 4.39 Å². The van der Waals surface area contributed by atoms with Gasteiger partial charge in [-0.3, -0.25) is 4.98 Å². The van der Waals surface area contributed by atoms with Gasteiger partial charge >= 0.3 is 6.18 Å². The Morgan fingerprint density at radius 2 is 2.05 bits per heavy atom. The molecule has 0 aliphatic heterocycles. The zero-order valence-corrected chi connectivity index (χ0v) is 10.9. The van der Waals surface area contributed by atoms with Crippen molar-refractivity contribution in [2.24, 2.45) is 0 Å². The zero-order chi connectivity index (χ0) is 15.6. The number of nitrogens with two attached hydrogens (primary N) is 1.